The van der Waals surface area contributed by atoms with Gasteiger partial charge in [0.15, 0.2) is 4.91 Å². The number of esters is 1. The van der Waals surface area contributed by atoms with E-state index in [-0.39, 0.29) is 16.4 Å². The van der Waals surface area contributed by atoms with Crippen molar-refractivity contribution < 1.29 is 17.9 Å². The third-order valence-corrected chi connectivity index (χ3v) is 4.67. The fourth-order valence-corrected chi connectivity index (χ4v) is 3.21. The minimum atomic E-state index is -3.93. The Balaban J connectivity index is 2.55. The van der Waals surface area contributed by atoms with Crippen LogP contribution in [0.1, 0.15) is 12.5 Å². The summed E-state index contributed by atoms with van der Waals surface area (Å²) < 4.78 is 30.3. The van der Waals surface area contributed by atoms with E-state index in [2.05, 4.69) is 0 Å². The summed E-state index contributed by atoms with van der Waals surface area (Å²) in [6, 6.07) is 16.6. The molecule has 0 heterocycles. The van der Waals surface area contributed by atoms with Gasteiger partial charge in [-0.25, -0.2) is 13.2 Å². The molecule has 0 unspecified atom stereocenters. The minimum Gasteiger partial charge on any atom is -0.462 e. The Morgan fingerprint density at radius 2 is 1.55 bits per heavy atom. The van der Waals surface area contributed by atoms with E-state index >= 15 is 0 Å². The lowest BCUT2D eigenvalue weighted by molar-refractivity contribution is -0.137. The molecular weight excluding hydrogens is 300 g/mol. The zero-order chi connectivity index (χ0) is 16.0. The highest BCUT2D eigenvalue weighted by atomic mass is 32.2. The standard InChI is InChI=1S/C17H16O4S/c1-2-21-17(18)16(13-14-9-5-3-6-10-14)22(19,20)15-11-7-4-8-12-15/h3-13H,2H2,1H3/b16-13-. The van der Waals surface area contributed by atoms with Crippen LogP contribution in [0.3, 0.4) is 0 Å². The van der Waals surface area contributed by atoms with Crippen LogP contribution in [-0.2, 0) is 19.4 Å². The highest BCUT2D eigenvalue weighted by molar-refractivity contribution is 7.96. The van der Waals surface area contributed by atoms with Crippen molar-refractivity contribution in [2.24, 2.45) is 0 Å². The third-order valence-electron chi connectivity index (χ3n) is 2.92. The van der Waals surface area contributed by atoms with Gasteiger partial charge in [0.2, 0.25) is 9.84 Å². The molecule has 0 saturated carbocycles. The Morgan fingerprint density at radius 1 is 1.00 bits per heavy atom. The van der Waals surface area contributed by atoms with E-state index in [9.17, 15) is 13.2 Å². The number of hydrogen-bond donors (Lipinski definition) is 0. The first-order valence-corrected chi connectivity index (χ1v) is 8.28. The van der Waals surface area contributed by atoms with Gasteiger partial charge in [-0.15, -0.1) is 0 Å². The summed E-state index contributed by atoms with van der Waals surface area (Å²) in [7, 11) is -3.93. The molecule has 2 rings (SSSR count). The van der Waals surface area contributed by atoms with Gasteiger partial charge in [0.1, 0.15) is 0 Å². The van der Waals surface area contributed by atoms with Crippen molar-refractivity contribution in [1.82, 2.24) is 0 Å². The monoisotopic (exact) mass is 316 g/mol. The lowest BCUT2D eigenvalue weighted by Gasteiger charge is -2.09. The number of ether oxygens (including phenoxy) is 1. The van der Waals surface area contributed by atoms with E-state index in [1.807, 2.05) is 6.07 Å². The summed E-state index contributed by atoms with van der Waals surface area (Å²) in [5.74, 6) is -0.852. The largest absolute Gasteiger partial charge is 0.462 e. The van der Waals surface area contributed by atoms with Crippen molar-refractivity contribution in [2.45, 2.75) is 11.8 Å². The van der Waals surface area contributed by atoms with Crippen LogP contribution in [0.15, 0.2) is 70.5 Å². The molecule has 0 saturated heterocycles. The molecular formula is C17H16O4S. The number of sulfone groups is 1. The number of benzene rings is 2. The average Bonchev–Trinajstić information content (AvgIpc) is 2.54. The molecule has 0 bridgehead atoms. The van der Waals surface area contributed by atoms with Gasteiger partial charge >= 0.3 is 5.97 Å². The van der Waals surface area contributed by atoms with E-state index in [1.165, 1.54) is 18.2 Å². The maximum Gasteiger partial charge on any atom is 0.350 e. The van der Waals surface area contributed by atoms with E-state index in [0.717, 1.165) is 0 Å². The molecule has 0 radical (unpaired) electrons. The second-order valence-electron chi connectivity index (χ2n) is 4.46. The van der Waals surface area contributed by atoms with Gasteiger partial charge in [0.05, 0.1) is 11.5 Å². The SMILES string of the molecule is CCOC(=O)/C(=C/c1ccccc1)S(=O)(=O)c1ccccc1. The lowest BCUT2D eigenvalue weighted by atomic mass is 10.2. The summed E-state index contributed by atoms with van der Waals surface area (Å²) in [6.45, 7) is 1.74. The highest BCUT2D eigenvalue weighted by Crippen LogP contribution is 2.22. The zero-order valence-corrected chi connectivity index (χ0v) is 12.9. The topological polar surface area (TPSA) is 60.4 Å². The Kier molecular flexibility index (Phi) is 5.12. The van der Waals surface area contributed by atoms with Crippen molar-refractivity contribution in [2.75, 3.05) is 6.61 Å². The summed E-state index contributed by atoms with van der Waals surface area (Å²) in [4.78, 5) is 11.8. The predicted octanol–water partition coefficient (Wildman–Crippen LogP) is 3.06. The number of carbonyl (C=O) groups excluding carboxylic acids is 1. The molecule has 0 atom stereocenters. The van der Waals surface area contributed by atoms with Crippen LogP contribution in [0.25, 0.3) is 6.08 Å². The lowest BCUT2D eigenvalue weighted by Crippen LogP contribution is -2.16. The Hall–Kier alpha value is -2.40. The Bertz CT molecular complexity index is 763. The second kappa shape index (κ2) is 7.04. The van der Waals surface area contributed by atoms with Gasteiger partial charge in [-0.05, 0) is 30.7 Å². The van der Waals surface area contributed by atoms with Gasteiger partial charge in [-0.3, -0.25) is 0 Å². The molecule has 0 aromatic heterocycles. The molecule has 0 aliphatic rings. The minimum absolute atomic E-state index is 0.0604. The highest BCUT2D eigenvalue weighted by Gasteiger charge is 2.28. The zero-order valence-electron chi connectivity index (χ0n) is 12.1. The first-order chi connectivity index (χ1) is 10.6. The molecule has 22 heavy (non-hydrogen) atoms. The summed E-state index contributed by atoms with van der Waals surface area (Å²) >= 11 is 0. The predicted molar refractivity (Wildman–Crippen MR) is 84.7 cm³/mol. The van der Waals surface area contributed by atoms with Crippen LogP contribution in [0.5, 0.6) is 0 Å². The molecule has 5 heteroatoms. The first kappa shape index (κ1) is 16.0. The fourth-order valence-electron chi connectivity index (χ4n) is 1.88. The quantitative estimate of drug-likeness (QED) is 0.628. The molecule has 4 nitrogen and oxygen atoms in total. The second-order valence-corrected chi connectivity index (χ2v) is 6.37. The molecule has 0 N–H and O–H groups in total. The molecule has 0 amide bonds. The van der Waals surface area contributed by atoms with Gasteiger partial charge in [0.25, 0.3) is 0 Å². The van der Waals surface area contributed by atoms with Gasteiger partial charge in [-0.1, -0.05) is 48.5 Å². The van der Waals surface area contributed by atoms with Crippen molar-refractivity contribution in [3.8, 4) is 0 Å². The third kappa shape index (κ3) is 3.62. The molecule has 2 aromatic rings. The van der Waals surface area contributed by atoms with Crippen LogP contribution in [0.2, 0.25) is 0 Å². The average molecular weight is 316 g/mol. The summed E-state index contributed by atoms with van der Waals surface area (Å²) in [5, 5.41) is 0. The Morgan fingerprint density at radius 3 is 2.09 bits per heavy atom. The molecule has 0 fully saturated rings. The van der Waals surface area contributed by atoms with Crippen LogP contribution in [-0.4, -0.2) is 21.0 Å². The van der Waals surface area contributed by atoms with Crippen LogP contribution in [0.4, 0.5) is 0 Å². The number of rotatable bonds is 5. The van der Waals surface area contributed by atoms with Gasteiger partial charge in [0, 0.05) is 0 Å². The van der Waals surface area contributed by atoms with E-state index in [0.29, 0.717) is 5.56 Å². The molecule has 114 valence electrons. The van der Waals surface area contributed by atoms with Crippen molar-refractivity contribution in [3.63, 3.8) is 0 Å². The number of hydrogen-bond acceptors (Lipinski definition) is 4. The maximum absolute atomic E-state index is 12.7. The summed E-state index contributed by atoms with van der Waals surface area (Å²) in [5.41, 5.74) is 0.616. The van der Waals surface area contributed by atoms with Crippen molar-refractivity contribution in [1.29, 1.82) is 0 Å². The van der Waals surface area contributed by atoms with Gasteiger partial charge in [-0.2, -0.15) is 0 Å². The smallest absolute Gasteiger partial charge is 0.350 e. The van der Waals surface area contributed by atoms with Crippen LogP contribution < -0.4 is 0 Å². The van der Waals surface area contributed by atoms with E-state index in [1.54, 1.807) is 49.4 Å². The Labute approximate surface area is 130 Å². The molecule has 0 aliphatic heterocycles. The fraction of sp³-hybridized carbons (Fsp3) is 0.118. The molecule has 0 spiro atoms. The van der Waals surface area contributed by atoms with E-state index < -0.39 is 15.8 Å². The normalized spacial score (nSPS) is 12.0. The first-order valence-electron chi connectivity index (χ1n) is 6.79. The van der Waals surface area contributed by atoms with Crippen LogP contribution >= 0.6 is 0 Å². The van der Waals surface area contributed by atoms with E-state index in [4.69, 9.17) is 4.74 Å². The molecule has 0 aliphatic carbocycles. The van der Waals surface area contributed by atoms with Crippen molar-refractivity contribution in [3.05, 3.63) is 71.1 Å². The number of carbonyl (C=O) groups is 1. The van der Waals surface area contributed by atoms with Crippen LogP contribution in [0, 0.1) is 0 Å². The van der Waals surface area contributed by atoms with Crippen molar-refractivity contribution >= 4 is 21.9 Å². The maximum atomic E-state index is 12.7. The molecule has 2 aromatic carbocycles. The summed E-state index contributed by atoms with van der Waals surface area (Å²) in [6.07, 6.45) is 1.33. The van der Waals surface area contributed by atoms with Gasteiger partial charge < -0.3 is 4.74 Å².